The molecule has 1 saturated heterocycles. The van der Waals surface area contributed by atoms with Gasteiger partial charge in [-0.3, -0.25) is 14.5 Å². The van der Waals surface area contributed by atoms with Gasteiger partial charge in [0.25, 0.3) is 11.8 Å². The number of anilines is 2. The third-order valence-corrected chi connectivity index (χ3v) is 6.05. The van der Waals surface area contributed by atoms with Crippen LogP contribution in [0.15, 0.2) is 77.7 Å². The number of halogens is 1. The highest BCUT2D eigenvalue weighted by Crippen LogP contribution is 2.36. The number of nitrogens with zero attached hydrogens (tertiary/aromatic N) is 1. The molecule has 0 bridgehead atoms. The normalized spacial score (nSPS) is 14.6. The van der Waals surface area contributed by atoms with Crippen LogP contribution in [0.1, 0.15) is 11.1 Å². The van der Waals surface area contributed by atoms with Crippen molar-refractivity contribution in [2.75, 3.05) is 16.8 Å². The molecule has 8 heteroatoms. The Morgan fingerprint density at radius 2 is 1.85 bits per heavy atom. The molecule has 3 aromatic carbocycles. The fourth-order valence-electron chi connectivity index (χ4n) is 3.10. The van der Waals surface area contributed by atoms with E-state index < -0.39 is 5.82 Å². The Bertz CT molecular complexity index is 1240. The highest BCUT2D eigenvalue weighted by atomic mass is 32.2. The summed E-state index contributed by atoms with van der Waals surface area (Å²) in [6, 6.07) is 20.3. The van der Waals surface area contributed by atoms with Gasteiger partial charge in [-0.15, -0.1) is 0 Å². The van der Waals surface area contributed by atoms with Gasteiger partial charge in [-0.05, 0) is 61.0 Å². The second-order valence-electron chi connectivity index (χ2n) is 7.27. The number of benzene rings is 3. The molecule has 0 atom stereocenters. The number of hydrogen-bond acceptors (Lipinski definition) is 5. The van der Waals surface area contributed by atoms with Gasteiger partial charge in [-0.25, -0.2) is 4.39 Å². The first kappa shape index (κ1) is 22.7. The van der Waals surface area contributed by atoms with Crippen molar-refractivity contribution >= 4 is 57.6 Å². The van der Waals surface area contributed by atoms with Crippen molar-refractivity contribution in [3.8, 4) is 5.75 Å². The van der Waals surface area contributed by atoms with Crippen molar-refractivity contribution in [1.29, 1.82) is 0 Å². The van der Waals surface area contributed by atoms with Crippen molar-refractivity contribution < 1.29 is 18.7 Å². The van der Waals surface area contributed by atoms with Crippen LogP contribution < -0.4 is 15.0 Å². The van der Waals surface area contributed by atoms with E-state index in [0.717, 1.165) is 22.9 Å². The smallest absolute Gasteiger partial charge is 0.270 e. The predicted octanol–water partition coefficient (Wildman–Crippen LogP) is 5.56. The Morgan fingerprint density at radius 1 is 1.12 bits per heavy atom. The molecular formula is C25H19FN2O3S2. The summed E-state index contributed by atoms with van der Waals surface area (Å²) in [6.45, 7) is 1.85. The number of hydrogen-bond donors (Lipinski definition) is 1. The quantitative estimate of drug-likeness (QED) is 0.371. The van der Waals surface area contributed by atoms with Crippen molar-refractivity contribution in [3.05, 3.63) is 94.6 Å². The molecule has 0 radical (unpaired) electrons. The molecule has 5 nitrogen and oxygen atoms in total. The summed E-state index contributed by atoms with van der Waals surface area (Å²) in [4.78, 5) is 26.6. The zero-order valence-electron chi connectivity index (χ0n) is 17.6. The van der Waals surface area contributed by atoms with E-state index in [1.165, 1.54) is 23.1 Å². The highest BCUT2D eigenvalue weighted by Gasteiger charge is 2.33. The third-order valence-electron chi connectivity index (χ3n) is 4.74. The molecule has 1 fully saturated rings. The second kappa shape index (κ2) is 9.97. The van der Waals surface area contributed by atoms with E-state index in [-0.39, 0.29) is 18.4 Å². The maximum Gasteiger partial charge on any atom is 0.270 e. The SMILES string of the molecule is Cc1ccc(NC(=O)COc2ccc(/C=C3\SC(=S)N(c4cccc(F)c4)C3=O)cc2)cc1. The van der Waals surface area contributed by atoms with Crippen LogP contribution in [0.25, 0.3) is 6.08 Å². The number of amides is 2. The molecule has 3 aromatic rings. The molecule has 1 heterocycles. The lowest BCUT2D eigenvalue weighted by Gasteiger charge is -2.14. The van der Waals surface area contributed by atoms with Crippen molar-refractivity contribution in [2.24, 2.45) is 0 Å². The van der Waals surface area contributed by atoms with Crippen molar-refractivity contribution in [2.45, 2.75) is 6.92 Å². The van der Waals surface area contributed by atoms with Crippen LogP contribution >= 0.6 is 24.0 Å². The molecule has 1 aliphatic rings. The number of aryl methyl sites for hydroxylation is 1. The number of carbonyl (C=O) groups excluding carboxylic acids is 2. The molecule has 0 spiro atoms. The molecule has 0 saturated carbocycles. The van der Waals surface area contributed by atoms with Crippen LogP contribution in [0.4, 0.5) is 15.8 Å². The van der Waals surface area contributed by atoms with E-state index in [1.807, 2.05) is 31.2 Å². The van der Waals surface area contributed by atoms with E-state index >= 15 is 0 Å². The Balaban J connectivity index is 1.37. The molecule has 0 aliphatic carbocycles. The first-order valence-electron chi connectivity index (χ1n) is 10.0. The second-order valence-corrected chi connectivity index (χ2v) is 8.94. The van der Waals surface area contributed by atoms with Gasteiger partial charge in [0, 0.05) is 5.69 Å². The first-order chi connectivity index (χ1) is 15.9. The van der Waals surface area contributed by atoms with E-state index in [0.29, 0.717) is 26.3 Å². The molecule has 33 heavy (non-hydrogen) atoms. The largest absolute Gasteiger partial charge is 0.484 e. The van der Waals surface area contributed by atoms with Gasteiger partial charge < -0.3 is 10.1 Å². The third kappa shape index (κ3) is 5.66. The molecule has 1 aliphatic heterocycles. The zero-order valence-corrected chi connectivity index (χ0v) is 19.2. The van der Waals surface area contributed by atoms with Gasteiger partial charge in [-0.2, -0.15) is 0 Å². The van der Waals surface area contributed by atoms with Crippen LogP contribution in [0.2, 0.25) is 0 Å². The van der Waals surface area contributed by atoms with Gasteiger partial charge in [0.1, 0.15) is 11.6 Å². The number of nitrogens with one attached hydrogen (secondary N) is 1. The van der Waals surface area contributed by atoms with Gasteiger partial charge >= 0.3 is 0 Å². The molecule has 1 N–H and O–H groups in total. The standard InChI is InChI=1S/C25H19FN2O3S2/c1-16-5-9-19(10-6-16)27-23(29)15-31-21-11-7-17(8-12-21)13-22-24(30)28(25(32)33-22)20-4-2-3-18(26)14-20/h2-14H,15H2,1H3,(H,27,29)/b22-13-. The van der Waals surface area contributed by atoms with E-state index in [2.05, 4.69) is 5.32 Å². The summed E-state index contributed by atoms with van der Waals surface area (Å²) in [5.74, 6) is -0.472. The maximum absolute atomic E-state index is 13.6. The van der Waals surface area contributed by atoms with Gasteiger partial charge in [0.05, 0.1) is 10.6 Å². The summed E-state index contributed by atoms with van der Waals surface area (Å²) in [7, 11) is 0. The number of ether oxygens (including phenoxy) is 1. The monoisotopic (exact) mass is 478 g/mol. The molecule has 166 valence electrons. The summed E-state index contributed by atoms with van der Waals surface area (Å²) < 4.78 is 19.4. The van der Waals surface area contributed by atoms with E-state index in [4.69, 9.17) is 17.0 Å². The Kier molecular flexibility index (Phi) is 6.86. The number of rotatable bonds is 6. The van der Waals surface area contributed by atoms with Crippen LogP contribution in [-0.4, -0.2) is 22.7 Å². The van der Waals surface area contributed by atoms with Crippen LogP contribution in [0, 0.1) is 12.7 Å². The number of carbonyl (C=O) groups is 2. The average molecular weight is 479 g/mol. The Hall–Kier alpha value is -3.49. The minimum absolute atomic E-state index is 0.125. The molecule has 2 amide bonds. The predicted molar refractivity (Wildman–Crippen MR) is 134 cm³/mol. The maximum atomic E-state index is 13.6. The number of thioether (sulfide) groups is 1. The highest BCUT2D eigenvalue weighted by molar-refractivity contribution is 8.27. The average Bonchev–Trinajstić information content (AvgIpc) is 3.07. The minimum atomic E-state index is -0.436. The van der Waals surface area contributed by atoms with Gasteiger partial charge in [-0.1, -0.05) is 59.9 Å². The van der Waals surface area contributed by atoms with Gasteiger partial charge in [0.2, 0.25) is 0 Å². The lowest BCUT2D eigenvalue weighted by Crippen LogP contribution is -2.27. The first-order valence-corrected chi connectivity index (χ1v) is 11.2. The lowest BCUT2D eigenvalue weighted by molar-refractivity contribution is -0.118. The van der Waals surface area contributed by atoms with Crippen molar-refractivity contribution in [3.63, 3.8) is 0 Å². The fraction of sp³-hybridized carbons (Fsp3) is 0.0800. The summed E-state index contributed by atoms with van der Waals surface area (Å²) >= 11 is 6.48. The molecular weight excluding hydrogens is 459 g/mol. The summed E-state index contributed by atoms with van der Waals surface area (Å²) in [6.07, 6.45) is 1.71. The fourth-order valence-corrected chi connectivity index (χ4v) is 4.40. The van der Waals surface area contributed by atoms with Crippen molar-refractivity contribution in [1.82, 2.24) is 0 Å². The topological polar surface area (TPSA) is 58.6 Å². The Labute approximate surface area is 200 Å². The lowest BCUT2D eigenvalue weighted by atomic mass is 10.2. The van der Waals surface area contributed by atoms with Crippen LogP contribution in [0.5, 0.6) is 5.75 Å². The van der Waals surface area contributed by atoms with Crippen LogP contribution in [-0.2, 0) is 9.59 Å². The molecule has 4 rings (SSSR count). The molecule has 0 unspecified atom stereocenters. The van der Waals surface area contributed by atoms with Crippen LogP contribution in [0.3, 0.4) is 0 Å². The summed E-state index contributed by atoms with van der Waals surface area (Å²) in [5, 5.41) is 2.78. The van der Waals surface area contributed by atoms with Gasteiger partial charge in [0.15, 0.2) is 10.9 Å². The van der Waals surface area contributed by atoms with E-state index in [1.54, 1.807) is 36.4 Å². The Morgan fingerprint density at radius 3 is 2.55 bits per heavy atom. The minimum Gasteiger partial charge on any atom is -0.484 e. The summed E-state index contributed by atoms with van der Waals surface area (Å²) in [5.41, 5.74) is 2.99. The van der Waals surface area contributed by atoms with E-state index in [9.17, 15) is 14.0 Å². The molecule has 0 aromatic heterocycles. The zero-order chi connectivity index (χ0) is 23.4. The number of thiocarbonyl (C=S) groups is 1.